The molecule has 182 valence electrons. The van der Waals surface area contributed by atoms with E-state index < -0.39 is 0 Å². The van der Waals surface area contributed by atoms with Gasteiger partial charge in [0.15, 0.2) is 0 Å². The summed E-state index contributed by atoms with van der Waals surface area (Å²) in [5.74, 6) is 0.667. The van der Waals surface area contributed by atoms with Gasteiger partial charge >= 0.3 is 0 Å². The lowest BCUT2D eigenvalue weighted by Crippen LogP contribution is -2.47. The number of likely N-dealkylation sites (tertiary alicyclic amines) is 2. The number of ether oxygens (including phenoxy) is 1. The van der Waals surface area contributed by atoms with Crippen LogP contribution >= 0.6 is 0 Å². The van der Waals surface area contributed by atoms with Gasteiger partial charge < -0.3 is 24.8 Å². The molecule has 2 amide bonds. The topological polar surface area (TPSA) is 65.1 Å². The molecule has 3 aliphatic heterocycles. The number of hydrogen-bond donors (Lipinski definition) is 1. The van der Waals surface area contributed by atoms with Gasteiger partial charge in [0, 0.05) is 25.4 Å². The second-order valence-electron chi connectivity index (χ2n) is 9.77. The molecule has 1 aromatic rings. The number of benzene rings is 1. The Bertz CT molecular complexity index is 787. The van der Waals surface area contributed by atoms with E-state index in [9.17, 15) is 9.59 Å². The van der Waals surface area contributed by atoms with E-state index in [-0.39, 0.29) is 30.8 Å². The average Bonchev–Trinajstić information content (AvgIpc) is 2.85. The number of amides is 2. The van der Waals surface area contributed by atoms with Crippen LogP contribution in [0.4, 0.5) is 5.69 Å². The van der Waals surface area contributed by atoms with E-state index in [4.69, 9.17) is 4.74 Å². The number of piperidine rings is 2. The van der Waals surface area contributed by atoms with E-state index >= 15 is 0 Å². The molecule has 0 radical (unpaired) electrons. The Kier molecular flexibility index (Phi) is 8.62. The zero-order valence-electron chi connectivity index (χ0n) is 20.1. The third-order valence-corrected chi connectivity index (χ3v) is 7.23. The van der Waals surface area contributed by atoms with Gasteiger partial charge in [-0.05, 0) is 83.9 Å². The standard InChI is InChI=1S/C26H40N4O3/c1-21-20-30(23-8-3-4-9-24(23)33-21)26(32)11-10-25(31)27-14-7-15-28-18-12-22(13-19-28)29-16-5-2-6-17-29/h3-4,8-9,21-22H,2,5-7,10-20H2,1H3,(H,27,31). The third-order valence-electron chi connectivity index (χ3n) is 7.23. The first-order valence-corrected chi connectivity index (χ1v) is 12.9. The lowest BCUT2D eigenvalue weighted by atomic mass is 10.00. The molecule has 33 heavy (non-hydrogen) atoms. The van der Waals surface area contributed by atoms with E-state index in [1.807, 2.05) is 31.2 Å². The lowest BCUT2D eigenvalue weighted by molar-refractivity contribution is -0.125. The highest BCUT2D eigenvalue weighted by Gasteiger charge is 2.28. The number of nitrogens with one attached hydrogen (secondary N) is 1. The summed E-state index contributed by atoms with van der Waals surface area (Å²) in [6.45, 7) is 9.11. The molecule has 2 fully saturated rings. The number of hydrogen-bond acceptors (Lipinski definition) is 5. The minimum absolute atomic E-state index is 0.0238. The second-order valence-corrected chi connectivity index (χ2v) is 9.77. The number of anilines is 1. The number of nitrogens with zero attached hydrogens (tertiary/aromatic N) is 3. The van der Waals surface area contributed by atoms with Gasteiger partial charge in [0.25, 0.3) is 0 Å². The Balaban J connectivity index is 1.10. The van der Waals surface area contributed by atoms with Gasteiger partial charge in [-0.15, -0.1) is 0 Å². The molecule has 4 rings (SSSR count). The Morgan fingerprint density at radius 1 is 1.03 bits per heavy atom. The Labute approximate surface area is 198 Å². The summed E-state index contributed by atoms with van der Waals surface area (Å²) >= 11 is 0. The maximum absolute atomic E-state index is 12.8. The molecule has 0 bridgehead atoms. The van der Waals surface area contributed by atoms with Gasteiger partial charge in [0.1, 0.15) is 11.9 Å². The largest absolute Gasteiger partial charge is 0.487 e. The second kappa shape index (κ2) is 11.8. The van der Waals surface area contributed by atoms with Gasteiger partial charge in [-0.25, -0.2) is 0 Å². The highest BCUT2D eigenvalue weighted by atomic mass is 16.5. The maximum atomic E-state index is 12.8. The highest BCUT2D eigenvalue weighted by Crippen LogP contribution is 2.33. The molecule has 1 atom stereocenters. The Morgan fingerprint density at radius 2 is 1.79 bits per heavy atom. The lowest BCUT2D eigenvalue weighted by Gasteiger charge is -2.40. The van der Waals surface area contributed by atoms with Crippen molar-refractivity contribution in [2.24, 2.45) is 0 Å². The van der Waals surface area contributed by atoms with Crippen molar-refractivity contribution in [2.45, 2.75) is 70.4 Å². The molecule has 0 saturated carbocycles. The monoisotopic (exact) mass is 456 g/mol. The first-order valence-electron chi connectivity index (χ1n) is 12.9. The van der Waals surface area contributed by atoms with E-state index in [2.05, 4.69) is 15.1 Å². The van der Waals surface area contributed by atoms with Crippen molar-refractivity contribution in [2.75, 3.05) is 50.7 Å². The number of carbonyl (C=O) groups is 2. The average molecular weight is 457 g/mol. The van der Waals surface area contributed by atoms with Crippen LogP contribution in [0.15, 0.2) is 24.3 Å². The molecule has 2 saturated heterocycles. The summed E-state index contributed by atoms with van der Waals surface area (Å²) in [5.41, 5.74) is 0.796. The summed E-state index contributed by atoms with van der Waals surface area (Å²) in [6, 6.07) is 8.37. The van der Waals surface area contributed by atoms with Gasteiger partial charge in [0.05, 0.1) is 12.2 Å². The molecule has 1 N–H and O–H groups in total. The predicted molar refractivity (Wildman–Crippen MR) is 131 cm³/mol. The summed E-state index contributed by atoms with van der Waals surface area (Å²) < 4.78 is 5.81. The van der Waals surface area contributed by atoms with Crippen LogP contribution in [0.3, 0.4) is 0 Å². The Hall–Kier alpha value is -2.12. The van der Waals surface area contributed by atoms with Crippen molar-refractivity contribution in [3.63, 3.8) is 0 Å². The fourth-order valence-corrected chi connectivity index (χ4v) is 5.39. The summed E-state index contributed by atoms with van der Waals surface area (Å²) in [4.78, 5) is 32.0. The van der Waals surface area contributed by atoms with Crippen LogP contribution < -0.4 is 15.0 Å². The van der Waals surface area contributed by atoms with E-state index in [1.165, 1.54) is 58.3 Å². The van der Waals surface area contributed by atoms with Crippen LogP contribution in [0.5, 0.6) is 5.75 Å². The van der Waals surface area contributed by atoms with Crippen LogP contribution in [-0.2, 0) is 9.59 Å². The van der Waals surface area contributed by atoms with Crippen molar-refractivity contribution in [1.82, 2.24) is 15.1 Å². The van der Waals surface area contributed by atoms with E-state index in [0.29, 0.717) is 13.1 Å². The van der Waals surface area contributed by atoms with Gasteiger partial charge in [-0.2, -0.15) is 0 Å². The smallest absolute Gasteiger partial charge is 0.227 e. The van der Waals surface area contributed by atoms with Gasteiger partial charge in [-0.3, -0.25) is 9.59 Å². The zero-order chi connectivity index (χ0) is 23.0. The number of para-hydroxylation sites is 2. The van der Waals surface area contributed by atoms with Gasteiger partial charge in [-0.1, -0.05) is 18.6 Å². The maximum Gasteiger partial charge on any atom is 0.227 e. The fourth-order valence-electron chi connectivity index (χ4n) is 5.39. The van der Waals surface area contributed by atoms with Crippen LogP contribution in [0.2, 0.25) is 0 Å². The molecule has 0 spiro atoms. The van der Waals surface area contributed by atoms with E-state index in [0.717, 1.165) is 30.4 Å². The minimum Gasteiger partial charge on any atom is -0.487 e. The van der Waals surface area contributed by atoms with Crippen molar-refractivity contribution in [3.8, 4) is 5.75 Å². The van der Waals surface area contributed by atoms with Gasteiger partial charge in [0.2, 0.25) is 11.8 Å². The minimum atomic E-state index is -0.0532. The molecule has 1 aromatic carbocycles. The van der Waals surface area contributed by atoms with Crippen molar-refractivity contribution < 1.29 is 14.3 Å². The normalized spacial score (nSPS) is 22.5. The van der Waals surface area contributed by atoms with Crippen LogP contribution in [0, 0.1) is 0 Å². The Morgan fingerprint density at radius 3 is 2.58 bits per heavy atom. The van der Waals surface area contributed by atoms with Crippen LogP contribution in [-0.4, -0.2) is 79.6 Å². The number of rotatable bonds is 8. The molecule has 0 aliphatic carbocycles. The SMILES string of the molecule is CC1CN(C(=O)CCC(=O)NCCCN2CCC(N3CCCCC3)CC2)c2ccccc2O1. The van der Waals surface area contributed by atoms with Crippen LogP contribution in [0.25, 0.3) is 0 Å². The summed E-state index contributed by atoms with van der Waals surface area (Å²) in [7, 11) is 0. The summed E-state index contributed by atoms with van der Waals surface area (Å²) in [6.07, 6.45) is 8.04. The summed E-state index contributed by atoms with van der Waals surface area (Å²) in [5, 5.41) is 3.00. The molecule has 3 heterocycles. The molecule has 0 aromatic heterocycles. The highest BCUT2D eigenvalue weighted by molar-refractivity contribution is 5.97. The predicted octanol–water partition coefficient (Wildman–Crippen LogP) is 3.04. The molecule has 7 heteroatoms. The molecular weight excluding hydrogens is 416 g/mol. The van der Waals surface area contributed by atoms with E-state index in [1.54, 1.807) is 4.90 Å². The molecular formula is C26H40N4O3. The number of carbonyl (C=O) groups excluding carboxylic acids is 2. The fraction of sp³-hybridized carbons (Fsp3) is 0.692. The first-order chi connectivity index (χ1) is 16.1. The third kappa shape index (κ3) is 6.70. The molecule has 1 unspecified atom stereocenters. The first kappa shape index (κ1) is 24.0. The van der Waals surface area contributed by atoms with Crippen LogP contribution in [0.1, 0.15) is 58.3 Å². The zero-order valence-corrected chi connectivity index (χ0v) is 20.1. The molecule has 3 aliphatic rings. The van der Waals surface area contributed by atoms with Crippen molar-refractivity contribution >= 4 is 17.5 Å². The molecule has 7 nitrogen and oxygen atoms in total. The van der Waals surface area contributed by atoms with Crippen molar-refractivity contribution in [1.29, 1.82) is 0 Å². The number of fused-ring (bicyclic) bond motifs is 1. The quantitative estimate of drug-likeness (QED) is 0.609. The van der Waals surface area contributed by atoms with Crippen molar-refractivity contribution in [3.05, 3.63) is 24.3 Å².